The minimum absolute atomic E-state index is 0.135. The molecule has 6 rings (SSSR count). The maximum absolute atomic E-state index is 7.04. The van der Waals surface area contributed by atoms with Gasteiger partial charge in [-0.2, -0.15) is 0 Å². The summed E-state index contributed by atoms with van der Waals surface area (Å²) in [6, 6.07) is 20.5. The molecule has 0 bridgehead atoms. The minimum Gasteiger partial charge on any atom is -0.370 e. The molecule has 2 fully saturated rings. The zero-order valence-corrected chi connectivity index (χ0v) is 27.1. The number of halogens is 2. The lowest BCUT2D eigenvalue weighted by molar-refractivity contribution is 0.357. The maximum atomic E-state index is 7.04. The molecule has 2 aromatic heterocycles. The van der Waals surface area contributed by atoms with E-state index in [1.165, 1.54) is 12.0 Å². The number of aromatic nitrogens is 2. The average molecular weight is 619 g/mol. The highest BCUT2D eigenvalue weighted by molar-refractivity contribution is 7.80. The van der Waals surface area contributed by atoms with Crippen LogP contribution in [0.25, 0.3) is 5.69 Å². The minimum atomic E-state index is -0.143. The van der Waals surface area contributed by atoms with Crippen molar-refractivity contribution < 1.29 is 0 Å². The smallest absolute Gasteiger partial charge is 0.174 e. The summed E-state index contributed by atoms with van der Waals surface area (Å²) < 4.78 is 2.29. The molecule has 0 spiro atoms. The van der Waals surface area contributed by atoms with Crippen molar-refractivity contribution in [1.82, 2.24) is 14.9 Å². The summed E-state index contributed by atoms with van der Waals surface area (Å²) in [6.45, 7) is 13.1. The number of anilines is 2. The van der Waals surface area contributed by atoms with Gasteiger partial charge in [-0.25, -0.2) is 0 Å². The van der Waals surface area contributed by atoms with Gasteiger partial charge >= 0.3 is 0 Å². The van der Waals surface area contributed by atoms with Crippen LogP contribution in [-0.4, -0.2) is 27.8 Å². The van der Waals surface area contributed by atoms with E-state index in [0.717, 1.165) is 62.8 Å². The quantitative estimate of drug-likeness (QED) is 0.226. The fraction of sp³-hybridized carbons (Fsp3) is 0.353. The van der Waals surface area contributed by atoms with Crippen molar-refractivity contribution in [3.63, 3.8) is 0 Å². The van der Waals surface area contributed by atoms with Gasteiger partial charge in [-0.15, -0.1) is 0 Å². The van der Waals surface area contributed by atoms with Gasteiger partial charge in [-0.05, 0) is 111 Å². The Kier molecular flexibility index (Phi) is 7.99. The molecular weight excluding hydrogens is 581 g/mol. The number of rotatable bonds is 5. The van der Waals surface area contributed by atoms with E-state index in [1.54, 1.807) is 0 Å². The molecule has 5 nitrogen and oxygen atoms in total. The lowest BCUT2D eigenvalue weighted by Crippen LogP contribution is -2.38. The van der Waals surface area contributed by atoms with Crippen LogP contribution in [0.2, 0.25) is 10.0 Å². The number of hydrogen-bond acceptors (Lipinski definition) is 3. The Balaban J connectivity index is 1.45. The summed E-state index contributed by atoms with van der Waals surface area (Å²) in [4.78, 5) is 9.39. The third-order valence-corrected chi connectivity index (χ3v) is 9.81. The largest absolute Gasteiger partial charge is 0.370 e. The lowest BCUT2D eigenvalue weighted by Gasteiger charge is -2.37. The summed E-state index contributed by atoms with van der Waals surface area (Å²) in [6.07, 6.45) is 3.09. The molecule has 218 valence electrons. The maximum Gasteiger partial charge on any atom is 0.174 e. The zero-order valence-electron chi connectivity index (χ0n) is 24.7. The van der Waals surface area contributed by atoms with Crippen LogP contribution in [0, 0.1) is 32.6 Å². The molecule has 0 amide bonds. The lowest BCUT2D eigenvalue weighted by atomic mass is 9.91. The van der Waals surface area contributed by atoms with Gasteiger partial charge in [0.25, 0.3) is 0 Å². The van der Waals surface area contributed by atoms with E-state index < -0.39 is 0 Å². The van der Waals surface area contributed by atoms with Crippen molar-refractivity contribution in [3.8, 4) is 5.69 Å². The summed E-state index contributed by atoms with van der Waals surface area (Å²) in [5, 5.41) is 5.76. The Bertz CT molecular complexity index is 1620. The van der Waals surface area contributed by atoms with E-state index in [0.29, 0.717) is 16.9 Å². The van der Waals surface area contributed by atoms with E-state index >= 15 is 0 Å². The zero-order chi connectivity index (χ0) is 29.7. The van der Waals surface area contributed by atoms with Gasteiger partial charge in [0.1, 0.15) is 0 Å². The molecule has 42 heavy (non-hydrogen) atoms. The molecule has 8 heteroatoms. The van der Waals surface area contributed by atoms with Crippen molar-refractivity contribution in [2.45, 2.75) is 53.1 Å². The molecule has 2 aromatic carbocycles. The molecule has 0 radical (unpaired) electrons. The molecule has 2 aliphatic heterocycles. The molecule has 0 aliphatic carbocycles. The van der Waals surface area contributed by atoms with E-state index in [1.807, 2.05) is 30.5 Å². The first kappa shape index (κ1) is 29.0. The fourth-order valence-corrected chi connectivity index (χ4v) is 7.82. The second-order valence-corrected chi connectivity index (χ2v) is 13.2. The molecule has 4 atom stereocenters. The molecule has 0 saturated carbocycles. The number of nitrogens with zero attached hydrogens (tertiary/aromatic N) is 4. The predicted octanol–water partition coefficient (Wildman–Crippen LogP) is 8.76. The van der Waals surface area contributed by atoms with Crippen molar-refractivity contribution >= 4 is 51.9 Å². The highest BCUT2D eigenvalue weighted by Gasteiger charge is 2.42. The van der Waals surface area contributed by atoms with Gasteiger partial charge in [-0.3, -0.25) is 4.98 Å². The molecule has 4 aromatic rings. The van der Waals surface area contributed by atoms with Gasteiger partial charge in [0, 0.05) is 47.1 Å². The third kappa shape index (κ3) is 5.18. The number of hydrogen-bond donors (Lipinski definition) is 1. The second kappa shape index (κ2) is 11.6. The Morgan fingerprint density at radius 1 is 0.881 bits per heavy atom. The van der Waals surface area contributed by atoms with Crippen LogP contribution in [0.3, 0.4) is 0 Å². The van der Waals surface area contributed by atoms with Crippen molar-refractivity contribution in [1.29, 1.82) is 0 Å². The van der Waals surface area contributed by atoms with Crippen molar-refractivity contribution in [3.05, 3.63) is 105 Å². The van der Waals surface area contributed by atoms with E-state index in [2.05, 4.69) is 90.7 Å². The van der Waals surface area contributed by atoms with Crippen LogP contribution in [0.4, 0.5) is 11.4 Å². The molecule has 2 saturated heterocycles. The average Bonchev–Trinajstić information content (AvgIpc) is 3.45. The topological polar surface area (TPSA) is 36.3 Å². The second-order valence-electron chi connectivity index (χ2n) is 12.0. The monoisotopic (exact) mass is 617 g/mol. The van der Waals surface area contributed by atoms with Gasteiger partial charge in [0.05, 0.1) is 28.5 Å². The summed E-state index contributed by atoms with van der Waals surface area (Å²) in [5.41, 5.74) is 8.57. The van der Waals surface area contributed by atoms with Gasteiger partial charge < -0.3 is 19.7 Å². The van der Waals surface area contributed by atoms with Crippen molar-refractivity contribution in [2.24, 2.45) is 11.8 Å². The van der Waals surface area contributed by atoms with E-state index in [9.17, 15) is 0 Å². The molecule has 1 N–H and O–H groups in total. The van der Waals surface area contributed by atoms with Gasteiger partial charge in [0.2, 0.25) is 0 Å². The van der Waals surface area contributed by atoms with Gasteiger partial charge in [-0.1, -0.05) is 49.2 Å². The Labute approximate surface area is 264 Å². The Morgan fingerprint density at radius 3 is 2.33 bits per heavy atom. The van der Waals surface area contributed by atoms with Gasteiger partial charge in [0.15, 0.2) is 5.11 Å². The first-order chi connectivity index (χ1) is 20.1. The van der Waals surface area contributed by atoms with Crippen LogP contribution in [0.15, 0.2) is 66.9 Å². The number of benzene rings is 2. The molecule has 4 heterocycles. The molecule has 2 aliphatic rings. The predicted molar refractivity (Wildman–Crippen MR) is 180 cm³/mol. The first-order valence-corrected chi connectivity index (χ1v) is 15.8. The standard InChI is InChI=1S/C34H37Cl2N5S/c1-20-15-21(2)19-39(18-20)31-13-12-25(17-28(31)36)41-33(32(38-34(41)42)29-10-6-7-14-37-29)26-16-22(3)40(24(26)5)30-11-8-9-27(35)23(30)4/h6-14,16-17,20-21,32-33H,15,18-19H2,1-5H3,(H,38,42). The van der Waals surface area contributed by atoms with Crippen LogP contribution in [-0.2, 0) is 0 Å². The number of nitrogens with one attached hydrogen (secondary N) is 1. The van der Waals surface area contributed by atoms with Crippen LogP contribution in [0.5, 0.6) is 0 Å². The number of pyridine rings is 1. The highest BCUT2D eigenvalue weighted by atomic mass is 35.5. The summed E-state index contributed by atoms with van der Waals surface area (Å²) in [7, 11) is 0. The fourth-order valence-electron chi connectivity index (χ4n) is 7.01. The SMILES string of the molecule is Cc1c(Cl)cccc1-n1c(C)cc(C2C(c3ccccn3)NC(=S)N2c2ccc(N3CC(C)CC(C)C3)c(Cl)c2)c1C. The summed E-state index contributed by atoms with van der Waals surface area (Å²) >= 11 is 19.6. The van der Waals surface area contributed by atoms with Crippen LogP contribution < -0.4 is 15.1 Å². The number of thiocarbonyl (C=S) groups is 1. The van der Waals surface area contributed by atoms with Crippen LogP contribution >= 0.6 is 35.4 Å². The highest BCUT2D eigenvalue weighted by Crippen LogP contribution is 2.45. The molecular formula is C34H37Cl2N5S. The Morgan fingerprint density at radius 2 is 1.64 bits per heavy atom. The normalized spacial score (nSPS) is 22.5. The molecule has 4 unspecified atom stereocenters. The first-order valence-electron chi connectivity index (χ1n) is 14.6. The van der Waals surface area contributed by atoms with E-state index in [-0.39, 0.29) is 12.1 Å². The van der Waals surface area contributed by atoms with E-state index in [4.69, 9.17) is 40.4 Å². The number of aryl methyl sites for hydroxylation is 1. The Hall–Kier alpha value is -3.06. The van der Waals surface area contributed by atoms with Crippen molar-refractivity contribution in [2.75, 3.05) is 22.9 Å². The summed E-state index contributed by atoms with van der Waals surface area (Å²) in [5.74, 6) is 1.28. The van der Waals surface area contributed by atoms with Crippen LogP contribution in [0.1, 0.15) is 60.6 Å². The number of piperidine rings is 1. The third-order valence-electron chi connectivity index (χ3n) is 8.79.